The molecule has 0 heterocycles. The van der Waals surface area contributed by atoms with Crippen molar-refractivity contribution in [2.75, 3.05) is 17.1 Å². The molecule has 0 aliphatic carbocycles. The van der Waals surface area contributed by atoms with E-state index in [1.165, 1.54) is 61.7 Å². The van der Waals surface area contributed by atoms with Gasteiger partial charge in [0.1, 0.15) is 0 Å². The van der Waals surface area contributed by atoms with Gasteiger partial charge in [0.05, 0.1) is 12.0 Å². The topological polar surface area (TPSA) is 93.7 Å². The predicted molar refractivity (Wildman–Crippen MR) is 116 cm³/mol. The molecule has 0 aliphatic heterocycles. The van der Waals surface area contributed by atoms with Crippen LogP contribution >= 0.6 is 11.6 Å². The van der Waals surface area contributed by atoms with E-state index in [2.05, 4.69) is 14.8 Å². The van der Waals surface area contributed by atoms with E-state index in [0.29, 0.717) is 10.7 Å². The van der Waals surface area contributed by atoms with Crippen molar-refractivity contribution >= 4 is 38.9 Å². The molecule has 0 aromatic heterocycles. The molecule has 7 nitrogen and oxygen atoms in total. The highest BCUT2D eigenvalue weighted by molar-refractivity contribution is 7.92. The van der Waals surface area contributed by atoms with Crippen LogP contribution in [0.3, 0.4) is 0 Å². The Morgan fingerprint density at radius 1 is 0.969 bits per heavy atom. The molecule has 11 heteroatoms. The van der Waals surface area contributed by atoms with Gasteiger partial charge in [0.15, 0.2) is 11.5 Å². The summed E-state index contributed by atoms with van der Waals surface area (Å²) in [5, 5.41) is 3.02. The molecule has 1 amide bonds. The minimum Gasteiger partial charge on any atom is -0.493 e. The van der Waals surface area contributed by atoms with Crippen LogP contribution < -0.4 is 19.5 Å². The zero-order valence-corrected chi connectivity index (χ0v) is 18.1. The van der Waals surface area contributed by atoms with E-state index in [1.54, 1.807) is 12.1 Å². The van der Waals surface area contributed by atoms with Gasteiger partial charge in [-0.2, -0.15) is 8.78 Å². The fourth-order valence-electron chi connectivity index (χ4n) is 2.68. The SMILES string of the molecule is COc1cc(C(=O)Nc2cccc(S(=O)(=O)Nc3ccc(Cl)cc3)c2)ccc1OC(F)F. The number of hydrogen-bond donors (Lipinski definition) is 2. The van der Waals surface area contributed by atoms with Crippen LogP contribution in [-0.4, -0.2) is 28.0 Å². The third-order valence-electron chi connectivity index (χ3n) is 4.14. The Balaban J connectivity index is 1.78. The van der Waals surface area contributed by atoms with Gasteiger partial charge < -0.3 is 14.8 Å². The summed E-state index contributed by atoms with van der Waals surface area (Å²) in [5.41, 5.74) is 0.624. The summed E-state index contributed by atoms with van der Waals surface area (Å²) in [4.78, 5) is 12.5. The number of alkyl halides is 2. The second-order valence-electron chi connectivity index (χ2n) is 6.34. The number of halogens is 3. The van der Waals surface area contributed by atoms with E-state index in [9.17, 15) is 22.0 Å². The zero-order chi connectivity index (χ0) is 23.3. The number of carbonyl (C=O) groups is 1. The van der Waals surface area contributed by atoms with Crippen molar-refractivity contribution in [3.05, 3.63) is 77.3 Å². The Labute approximate surface area is 188 Å². The molecular formula is C21H17ClF2N2O5S. The molecule has 0 unspecified atom stereocenters. The smallest absolute Gasteiger partial charge is 0.387 e. The third-order valence-corrected chi connectivity index (χ3v) is 5.77. The molecule has 0 spiro atoms. The van der Waals surface area contributed by atoms with Gasteiger partial charge >= 0.3 is 6.61 Å². The molecule has 3 aromatic rings. The van der Waals surface area contributed by atoms with Crippen molar-refractivity contribution in [3.63, 3.8) is 0 Å². The van der Waals surface area contributed by atoms with Crippen LogP contribution in [0.4, 0.5) is 20.2 Å². The summed E-state index contributed by atoms with van der Waals surface area (Å²) in [6.45, 7) is -3.05. The van der Waals surface area contributed by atoms with E-state index in [4.69, 9.17) is 16.3 Å². The number of hydrogen-bond acceptors (Lipinski definition) is 5. The van der Waals surface area contributed by atoms with Crippen LogP contribution in [0.25, 0.3) is 0 Å². The summed E-state index contributed by atoms with van der Waals surface area (Å²) in [5.74, 6) is -0.881. The summed E-state index contributed by atoms with van der Waals surface area (Å²) in [6, 6.07) is 15.4. The molecule has 32 heavy (non-hydrogen) atoms. The second kappa shape index (κ2) is 9.84. The van der Waals surface area contributed by atoms with Gasteiger partial charge in [0.25, 0.3) is 15.9 Å². The highest BCUT2D eigenvalue weighted by Crippen LogP contribution is 2.30. The van der Waals surface area contributed by atoms with E-state index in [1.807, 2.05) is 0 Å². The minimum atomic E-state index is -3.93. The molecule has 3 rings (SSSR count). The fraction of sp³-hybridized carbons (Fsp3) is 0.0952. The Hall–Kier alpha value is -3.37. The molecule has 0 saturated heterocycles. The standard InChI is InChI=1S/C21H17ClF2N2O5S/c1-30-19-11-13(5-10-18(19)31-21(23)24)20(27)25-16-3-2-4-17(12-16)32(28,29)26-15-8-6-14(22)7-9-15/h2-12,21,26H,1H3,(H,25,27). The number of nitrogens with one attached hydrogen (secondary N) is 2. The maximum Gasteiger partial charge on any atom is 0.387 e. The van der Waals surface area contributed by atoms with Crippen LogP contribution in [-0.2, 0) is 10.0 Å². The fourth-order valence-corrected chi connectivity index (χ4v) is 3.91. The Morgan fingerprint density at radius 3 is 2.34 bits per heavy atom. The molecule has 168 valence electrons. The number of anilines is 2. The van der Waals surface area contributed by atoms with Crippen LogP contribution in [0, 0.1) is 0 Å². The maximum atomic E-state index is 12.7. The van der Waals surface area contributed by atoms with E-state index < -0.39 is 22.5 Å². The molecule has 0 aliphatic rings. The third kappa shape index (κ3) is 5.86. The van der Waals surface area contributed by atoms with Crippen molar-refractivity contribution < 1.29 is 31.5 Å². The number of rotatable bonds is 8. The van der Waals surface area contributed by atoms with Crippen molar-refractivity contribution in [2.24, 2.45) is 0 Å². The zero-order valence-electron chi connectivity index (χ0n) is 16.5. The Morgan fingerprint density at radius 2 is 1.69 bits per heavy atom. The van der Waals surface area contributed by atoms with Gasteiger partial charge in [-0.3, -0.25) is 9.52 Å². The number of methoxy groups -OCH3 is 1. The summed E-state index contributed by atoms with van der Waals surface area (Å²) < 4.78 is 61.9. The first-order valence-corrected chi connectivity index (χ1v) is 10.9. The molecule has 0 saturated carbocycles. The van der Waals surface area contributed by atoms with Gasteiger partial charge in [-0.1, -0.05) is 17.7 Å². The first-order chi connectivity index (χ1) is 15.2. The average molecular weight is 483 g/mol. The highest BCUT2D eigenvalue weighted by atomic mass is 35.5. The number of carbonyl (C=O) groups excluding carboxylic acids is 1. The second-order valence-corrected chi connectivity index (χ2v) is 8.46. The molecule has 3 aromatic carbocycles. The van der Waals surface area contributed by atoms with Gasteiger partial charge in [-0.05, 0) is 60.7 Å². The van der Waals surface area contributed by atoms with Crippen molar-refractivity contribution in [1.29, 1.82) is 0 Å². The normalized spacial score (nSPS) is 11.2. The van der Waals surface area contributed by atoms with Crippen molar-refractivity contribution in [1.82, 2.24) is 0 Å². The number of ether oxygens (including phenoxy) is 2. The molecule has 2 N–H and O–H groups in total. The van der Waals surface area contributed by atoms with Crippen molar-refractivity contribution in [3.8, 4) is 11.5 Å². The largest absolute Gasteiger partial charge is 0.493 e. The van der Waals surface area contributed by atoms with E-state index in [-0.39, 0.29) is 27.6 Å². The lowest BCUT2D eigenvalue weighted by Crippen LogP contribution is -2.15. The average Bonchev–Trinajstić information content (AvgIpc) is 2.75. The minimum absolute atomic E-state index is 0.0542. The van der Waals surface area contributed by atoms with Crippen LogP contribution in [0.2, 0.25) is 5.02 Å². The molecular weight excluding hydrogens is 466 g/mol. The summed E-state index contributed by atoms with van der Waals surface area (Å²) >= 11 is 5.80. The van der Waals surface area contributed by atoms with Crippen LogP contribution in [0.5, 0.6) is 11.5 Å². The quantitative estimate of drug-likeness (QED) is 0.471. The van der Waals surface area contributed by atoms with E-state index in [0.717, 1.165) is 0 Å². The first-order valence-electron chi connectivity index (χ1n) is 9.00. The van der Waals surface area contributed by atoms with Gasteiger partial charge in [0.2, 0.25) is 0 Å². The van der Waals surface area contributed by atoms with Gasteiger partial charge in [-0.25, -0.2) is 8.42 Å². The summed E-state index contributed by atoms with van der Waals surface area (Å²) in [7, 11) is -2.68. The number of benzene rings is 3. The number of amides is 1. The molecule has 0 fully saturated rings. The Bertz CT molecular complexity index is 1220. The van der Waals surface area contributed by atoms with E-state index >= 15 is 0 Å². The predicted octanol–water partition coefficient (Wildman–Crippen LogP) is 5.00. The number of sulfonamides is 1. The molecule has 0 bridgehead atoms. The lowest BCUT2D eigenvalue weighted by Gasteiger charge is -2.12. The van der Waals surface area contributed by atoms with Crippen LogP contribution in [0.1, 0.15) is 10.4 Å². The lowest BCUT2D eigenvalue weighted by molar-refractivity contribution is -0.0512. The van der Waals surface area contributed by atoms with Gasteiger partial charge in [0, 0.05) is 22.0 Å². The first kappa shape index (κ1) is 23.3. The lowest BCUT2D eigenvalue weighted by atomic mass is 10.2. The Kier molecular flexibility index (Phi) is 7.16. The van der Waals surface area contributed by atoms with Crippen molar-refractivity contribution in [2.45, 2.75) is 11.5 Å². The van der Waals surface area contributed by atoms with Crippen LogP contribution in [0.15, 0.2) is 71.6 Å². The monoisotopic (exact) mass is 482 g/mol. The maximum absolute atomic E-state index is 12.7. The molecule has 0 radical (unpaired) electrons. The van der Waals surface area contributed by atoms with Gasteiger partial charge in [-0.15, -0.1) is 0 Å². The highest BCUT2D eigenvalue weighted by Gasteiger charge is 2.17. The summed E-state index contributed by atoms with van der Waals surface area (Å²) in [6.07, 6.45) is 0. The molecule has 0 atom stereocenters.